The molecule has 1 aliphatic carbocycles. The van der Waals surface area contributed by atoms with Crippen LogP contribution in [0.15, 0.2) is 50.5 Å². The normalized spacial score (nSPS) is 22.4. The molecule has 3 aliphatic rings. The lowest BCUT2D eigenvalue weighted by Gasteiger charge is -2.19. The molecule has 2 saturated heterocycles. The summed E-state index contributed by atoms with van der Waals surface area (Å²) in [5.41, 5.74) is 1.63. The van der Waals surface area contributed by atoms with Crippen LogP contribution < -0.4 is 10.2 Å². The number of carbonyl (C=O) groups excluding carboxylic acids is 3. The van der Waals surface area contributed by atoms with Gasteiger partial charge in [0.05, 0.1) is 42.5 Å². The maximum absolute atomic E-state index is 13.0. The smallest absolute Gasteiger partial charge is 0.283 e. The largest absolute Gasteiger partial charge is 0.307 e. The summed E-state index contributed by atoms with van der Waals surface area (Å²) in [6.07, 6.45) is 5.01. The van der Waals surface area contributed by atoms with Crippen LogP contribution >= 0.6 is 47.1 Å². The van der Waals surface area contributed by atoms with Crippen molar-refractivity contribution >= 4 is 96.8 Å². The number of carbonyl (C=O) groups is 3. The number of thiocarbonyl (C=S) groups is 1. The fraction of sp³-hybridized carbons (Fsp3) is 0.240. The molecule has 3 amide bonds. The van der Waals surface area contributed by atoms with Crippen molar-refractivity contribution in [3.05, 3.63) is 57.0 Å². The number of thiazole rings is 1. The zero-order valence-corrected chi connectivity index (χ0v) is 22.8. The van der Waals surface area contributed by atoms with Crippen LogP contribution in [0.25, 0.3) is 16.3 Å². The van der Waals surface area contributed by atoms with Gasteiger partial charge in [-0.1, -0.05) is 54.6 Å². The van der Waals surface area contributed by atoms with Gasteiger partial charge in [-0.3, -0.25) is 29.4 Å². The summed E-state index contributed by atoms with van der Waals surface area (Å²) >= 11 is 8.61. The van der Waals surface area contributed by atoms with Gasteiger partial charge in [0, 0.05) is 6.07 Å². The molecule has 2 aliphatic heterocycles. The van der Waals surface area contributed by atoms with Gasteiger partial charge >= 0.3 is 0 Å². The summed E-state index contributed by atoms with van der Waals surface area (Å²) in [4.78, 5) is 56.0. The van der Waals surface area contributed by atoms with Crippen molar-refractivity contribution in [3.8, 4) is 0 Å². The van der Waals surface area contributed by atoms with Gasteiger partial charge in [-0.25, -0.2) is 4.98 Å². The molecular weight excluding hydrogens is 565 g/mol. The SMILES string of the molecule is O=C1NC(=S)S/C1=C\c1ccc(Sc2nc3ccc(N4C(=O)[C@H]5CCCC[C@@H]5C4=O)cc3s2)c([N+](=O)[O-])c1. The molecule has 0 unspecified atom stereocenters. The van der Waals surface area contributed by atoms with Crippen LogP contribution in [0.3, 0.4) is 0 Å². The Hall–Kier alpha value is -3.13. The number of amides is 3. The van der Waals surface area contributed by atoms with Crippen LogP contribution in [-0.4, -0.2) is 31.9 Å². The summed E-state index contributed by atoms with van der Waals surface area (Å²) in [5, 5.41) is 14.4. The monoisotopic (exact) mass is 582 g/mol. The minimum Gasteiger partial charge on any atom is -0.307 e. The Balaban J connectivity index is 1.27. The van der Waals surface area contributed by atoms with E-state index < -0.39 is 4.92 Å². The highest BCUT2D eigenvalue weighted by molar-refractivity contribution is 8.26. The van der Waals surface area contributed by atoms with E-state index in [9.17, 15) is 24.5 Å². The molecule has 0 bridgehead atoms. The van der Waals surface area contributed by atoms with Gasteiger partial charge in [0.25, 0.3) is 11.6 Å². The third-order valence-electron chi connectivity index (χ3n) is 6.77. The molecule has 3 heterocycles. The predicted octanol–water partition coefficient (Wildman–Crippen LogP) is 5.52. The number of hydrogen-bond donors (Lipinski definition) is 1. The number of anilines is 1. The standard InChI is InChI=1S/C25H18N4O5S4/c30-21-20(36-24(35)27-21)10-12-5-8-18(17(9-12)29(33)34)37-25-26-16-7-6-13(11-19(16)38-25)28-22(31)14-3-1-2-4-15(14)23(28)32/h5-11,14-15H,1-4H2,(H,27,30,35)/b20-10-/t14-,15-/m0/s1. The number of nitrogens with zero attached hydrogens (tertiary/aromatic N) is 3. The number of nitro groups is 1. The average molecular weight is 583 g/mol. The summed E-state index contributed by atoms with van der Waals surface area (Å²) in [6, 6.07) is 10.0. The fourth-order valence-corrected chi connectivity index (χ4v) is 8.20. The lowest BCUT2D eigenvalue weighted by Crippen LogP contribution is -2.30. The van der Waals surface area contributed by atoms with E-state index in [1.807, 2.05) is 0 Å². The minimum atomic E-state index is -0.466. The molecule has 3 fully saturated rings. The van der Waals surface area contributed by atoms with Gasteiger partial charge in [0.2, 0.25) is 11.8 Å². The van der Waals surface area contributed by atoms with Gasteiger partial charge in [0.1, 0.15) is 4.32 Å². The molecular formula is C25H18N4O5S4. The van der Waals surface area contributed by atoms with E-state index >= 15 is 0 Å². The minimum absolute atomic E-state index is 0.105. The first-order valence-corrected chi connectivity index (χ1v) is 14.6. The highest BCUT2D eigenvalue weighted by Crippen LogP contribution is 2.43. The van der Waals surface area contributed by atoms with E-state index in [0.29, 0.717) is 35.2 Å². The molecule has 0 spiro atoms. The highest BCUT2D eigenvalue weighted by atomic mass is 32.2. The average Bonchev–Trinajstić information content (AvgIpc) is 3.52. The molecule has 9 nitrogen and oxygen atoms in total. The quantitative estimate of drug-likeness (QED) is 0.136. The first kappa shape index (κ1) is 25.2. The van der Waals surface area contributed by atoms with E-state index in [1.54, 1.807) is 36.4 Å². The third kappa shape index (κ3) is 4.53. The number of imide groups is 1. The van der Waals surface area contributed by atoms with Crippen molar-refractivity contribution in [1.82, 2.24) is 10.3 Å². The fourth-order valence-electron chi connectivity index (χ4n) is 5.01. The van der Waals surface area contributed by atoms with Gasteiger partial charge in [-0.2, -0.15) is 0 Å². The molecule has 2 atom stereocenters. The van der Waals surface area contributed by atoms with Crippen LogP contribution in [0.2, 0.25) is 0 Å². The maximum Gasteiger partial charge on any atom is 0.283 e. The number of rotatable bonds is 5. The summed E-state index contributed by atoms with van der Waals surface area (Å²) in [5.74, 6) is -1.03. The molecule has 1 saturated carbocycles. The summed E-state index contributed by atoms with van der Waals surface area (Å²) in [6.45, 7) is 0. The number of thioether (sulfide) groups is 1. The second-order valence-electron chi connectivity index (χ2n) is 9.08. The number of nitrogens with one attached hydrogen (secondary N) is 1. The second kappa shape index (κ2) is 9.88. The number of fused-ring (bicyclic) bond motifs is 2. The van der Waals surface area contributed by atoms with E-state index in [0.717, 1.165) is 42.1 Å². The van der Waals surface area contributed by atoms with Crippen molar-refractivity contribution in [2.45, 2.75) is 34.9 Å². The van der Waals surface area contributed by atoms with E-state index in [1.165, 1.54) is 34.1 Å². The van der Waals surface area contributed by atoms with Crippen molar-refractivity contribution in [3.63, 3.8) is 0 Å². The number of benzene rings is 2. The van der Waals surface area contributed by atoms with Crippen LogP contribution in [-0.2, 0) is 14.4 Å². The van der Waals surface area contributed by atoms with Crippen molar-refractivity contribution < 1.29 is 19.3 Å². The number of nitro benzene ring substituents is 1. The topological polar surface area (TPSA) is 123 Å². The Morgan fingerprint density at radius 3 is 2.50 bits per heavy atom. The predicted molar refractivity (Wildman–Crippen MR) is 151 cm³/mol. The Kier molecular flexibility index (Phi) is 6.54. The molecule has 192 valence electrons. The second-order valence-corrected chi connectivity index (χ2v) is 13.1. The zero-order valence-electron chi connectivity index (χ0n) is 19.5. The Labute approximate surface area is 234 Å². The van der Waals surface area contributed by atoms with Crippen LogP contribution in [0.5, 0.6) is 0 Å². The Bertz CT molecular complexity index is 1580. The lowest BCUT2D eigenvalue weighted by atomic mass is 9.81. The van der Waals surface area contributed by atoms with Crippen LogP contribution in [0.1, 0.15) is 31.2 Å². The van der Waals surface area contributed by atoms with Gasteiger partial charge in [-0.15, -0.1) is 11.3 Å². The van der Waals surface area contributed by atoms with Crippen LogP contribution in [0, 0.1) is 22.0 Å². The molecule has 1 N–H and O–H groups in total. The molecule has 38 heavy (non-hydrogen) atoms. The molecule has 0 radical (unpaired) electrons. The third-order valence-corrected chi connectivity index (χ3v) is 10.1. The van der Waals surface area contributed by atoms with Crippen molar-refractivity contribution in [2.75, 3.05) is 4.90 Å². The molecule has 6 rings (SSSR count). The van der Waals surface area contributed by atoms with E-state index in [4.69, 9.17) is 12.2 Å². The number of hydrogen-bond acceptors (Lipinski definition) is 10. The lowest BCUT2D eigenvalue weighted by molar-refractivity contribution is -0.387. The number of aromatic nitrogens is 1. The highest BCUT2D eigenvalue weighted by Gasteiger charge is 2.48. The summed E-state index contributed by atoms with van der Waals surface area (Å²) < 4.78 is 1.72. The molecule has 2 aromatic carbocycles. The van der Waals surface area contributed by atoms with Gasteiger partial charge in [-0.05, 0) is 48.7 Å². The molecule has 3 aromatic rings. The zero-order chi connectivity index (χ0) is 26.6. The maximum atomic E-state index is 13.0. The first-order valence-electron chi connectivity index (χ1n) is 11.8. The Morgan fingerprint density at radius 1 is 1.11 bits per heavy atom. The Morgan fingerprint density at radius 2 is 1.84 bits per heavy atom. The van der Waals surface area contributed by atoms with Gasteiger partial charge < -0.3 is 5.32 Å². The molecule has 13 heteroatoms. The molecule has 1 aromatic heterocycles. The van der Waals surface area contributed by atoms with Crippen LogP contribution in [0.4, 0.5) is 11.4 Å². The summed E-state index contributed by atoms with van der Waals surface area (Å²) in [7, 11) is 0. The van der Waals surface area contributed by atoms with E-state index in [-0.39, 0.29) is 35.2 Å². The first-order chi connectivity index (χ1) is 18.3. The van der Waals surface area contributed by atoms with Crippen molar-refractivity contribution in [2.24, 2.45) is 11.8 Å². The van der Waals surface area contributed by atoms with Crippen molar-refractivity contribution in [1.29, 1.82) is 0 Å². The van der Waals surface area contributed by atoms with Gasteiger partial charge in [0.15, 0.2) is 4.34 Å². The van der Waals surface area contributed by atoms with E-state index in [2.05, 4.69) is 10.3 Å².